The third-order valence-electron chi connectivity index (χ3n) is 3.02. The van der Waals surface area contributed by atoms with Crippen molar-refractivity contribution in [3.63, 3.8) is 0 Å². The predicted octanol–water partition coefficient (Wildman–Crippen LogP) is 2.90. The van der Waals surface area contributed by atoms with Gasteiger partial charge in [-0.25, -0.2) is 9.67 Å². The first-order valence-electron chi connectivity index (χ1n) is 6.69. The molecule has 23 heavy (non-hydrogen) atoms. The van der Waals surface area contributed by atoms with Crippen LogP contribution >= 0.6 is 23.2 Å². The Kier molecular flexibility index (Phi) is 4.55. The topological polar surface area (TPSA) is 72.7 Å². The summed E-state index contributed by atoms with van der Waals surface area (Å²) in [6.07, 6.45) is 3.27. The maximum absolute atomic E-state index is 12.0. The predicted molar refractivity (Wildman–Crippen MR) is 86.8 cm³/mol. The lowest BCUT2D eigenvalue weighted by Gasteiger charge is -2.03. The Hall–Kier alpha value is -2.44. The molecule has 0 saturated heterocycles. The number of rotatable bonds is 4. The van der Waals surface area contributed by atoms with Crippen molar-refractivity contribution < 1.29 is 4.79 Å². The van der Waals surface area contributed by atoms with E-state index in [4.69, 9.17) is 23.2 Å². The quantitative estimate of drug-likeness (QED) is 0.787. The van der Waals surface area contributed by atoms with Crippen molar-refractivity contribution in [1.29, 1.82) is 0 Å². The summed E-state index contributed by atoms with van der Waals surface area (Å²) in [5, 5.41) is 11.9. The van der Waals surface area contributed by atoms with Crippen molar-refractivity contribution in [1.82, 2.24) is 25.3 Å². The summed E-state index contributed by atoms with van der Waals surface area (Å²) < 4.78 is 1.50. The second-order valence-electron chi connectivity index (χ2n) is 4.68. The lowest BCUT2D eigenvalue weighted by molar-refractivity contribution is 0.0950. The first kappa shape index (κ1) is 15.5. The van der Waals surface area contributed by atoms with Crippen LogP contribution in [0, 0.1) is 0 Å². The van der Waals surface area contributed by atoms with Crippen molar-refractivity contribution in [3.8, 4) is 5.82 Å². The number of pyridine rings is 1. The normalized spacial score (nSPS) is 10.5. The Morgan fingerprint density at radius 2 is 1.91 bits per heavy atom. The monoisotopic (exact) mass is 347 g/mol. The van der Waals surface area contributed by atoms with Crippen LogP contribution in [-0.4, -0.2) is 25.9 Å². The number of nitrogens with one attached hydrogen (secondary N) is 1. The molecule has 0 aliphatic heterocycles. The van der Waals surface area contributed by atoms with E-state index in [2.05, 4.69) is 20.6 Å². The fraction of sp³-hybridized carbons (Fsp3) is 0.0667. The fourth-order valence-corrected chi connectivity index (χ4v) is 2.16. The fourth-order valence-electron chi connectivity index (χ4n) is 1.88. The molecule has 0 saturated carbocycles. The molecule has 2 aromatic heterocycles. The minimum Gasteiger partial charge on any atom is -0.346 e. The summed E-state index contributed by atoms with van der Waals surface area (Å²) in [5.41, 5.74) is 1.13. The van der Waals surface area contributed by atoms with Crippen LogP contribution in [0.5, 0.6) is 0 Å². The first-order chi connectivity index (χ1) is 11.1. The molecule has 0 radical (unpaired) electrons. The van der Waals surface area contributed by atoms with Crippen LogP contribution in [0.15, 0.2) is 48.8 Å². The minimum atomic E-state index is -0.211. The van der Waals surface area contributed by atoms with Crippen molar-refractivity contribution in [2.24, 2.45) is 0 Å². The lowest BCUT2D eigenvalue weighted by atomic mass is 10.2. The number of carbonyl (C=O) groups excluding carboxylic acids is 1. The molecule has 6 nitrogen and oxygen atoms in total. The van der Waals surface area contributed by atoms with E-state index in [-0.39, 0.29) is 12.5 Å². The van der Waals surface area contributed by atoms with Gasteiger partial charge in [-0.05, 0) is 30.3 Å². The smallest absolute Gasteiger partial charge is 0.251 e. The summed E-state index contributed by atoms with van der Waals surface area (Å²) in [4.78, 5) is 16.2. The molecule has 1 aromatic carbocycles. The molecule has 8 heteroatoms. The maximum Gasteiger partial charge on any atom is 0.251 e. The van der Waals surface area contributed by atoms with Gasteiger partial charge in [0.25, 0.3) is 5.91 Å². The van der Waals surface area contributed by atoms with Gasteiger partial charge >= 0.3 is 0 Å². The molecule has 1 N–H and O–H groups in total. The van der Waals surface area contributed by atoms with E-state index in [0.29, 0.717) is 27.1 Å². The molecule has 2 heterocycles. The molecule has 0 atom stereocenters. The number of nitrogens with zero attached hydrogens (tertiary/aromatic N) is 4. The standard InChI is InChI=1S/C15H11Cl2N5O/c16-11-3-1-10(2-4-11)15(23)19-8-13-9-22(21-20-13)14-7-12(17)5-6-18-14/h1-7,9H,8H2,(H,19,23). The van der Waals surface area contributed by atoms with Gasteiger partial charge in [-0.3, -0.25) is 4.79 Å². The van der Waals surface area contributed by atoms with Gasteiger partial charge in [0.15, 0.2) is 5.82 Å². The number of amides is 1. The average molecular weight is 348 g/mol. The van der Waals surface area contributed by atoms with Gasteiger partial charge in [-0.2, -0.15) is 0 Å². The van der Waals surface area contributed by atoms with E-state index in [1.807, 2.05) is 0 Å². The SMILES string of the molecule is O=C(NCc1cn(-c2cc(Cl)ccn2)nn1)c1ccc(Cl)cc1. The van der Waals surface area contributed by atoms with Crippen LogP contribution in [0.2, 0.25) is 10.0 Å². The van der Waals surface area contributed by atoms with E-state index < -0.39 is 0 Å². The molecule has 3 aromatic rings. The summed E-state index contributed by atoms with van der Waals surface area (Å²) in [6, 6.07) is 9.99. The highest BCUT2D eigenvalue weighted by atomic mass is 35.5. The molecule has 3 rings (SSSR count). The molecule has 0 spiro atoms. The number of hydrogen-bond donors (Lipinski definition) is 1. The Balaban J connectivity index is 1.65. The number of halogens is 2. The van der Waals surface area contributed by atoms with E-state index in [1.54, 1.807) is 48.8 Å². The van der Waals surface area contributed by atoms with Gasteiger partial charge in [0.05, 0.1) is 12.7 Å². The lowest BCUT2D eigenvalue weighted by Crippen LogP contribution is -2.22. The largest absolute Gasteiger partial charge is 0.346 e. The maximum atomic E-state index is 12.0. The Morgan fingerprint density at radius 1 is 1.13 bits per heavy atom. The van der Waals surface area contributed by atoms with Crippen LogP contribution in [-0.2, 0) is 6.54 Å². The zero-order valence-corrected chi connectivity index (χ0v) is 13.3. The first-order valence-corrected chi connectivity index (χ1v) is 7.44. The summed E-state index contributed by atoms with van der Waals surface area (Å²) in [5.74, 6) is 0.345. The summed E-state index contributed by atoms with van der Waals surface area (Å²) in [7, 11) is 0. The van der Waals surface area contributed by atoms with Crippen LogP contribution in [0.1, 0.15) is 16.1 Å². The Bertz CT molecular complexity index is 832. The third kappa shape index (κ3) is 3.85. The molecule has 0 fully saturated rings. The van der Waals surface area contributed by atoms with Gasteiger partial charge in [-0.1, -0.05) is 28.4 Å². The second-order valence-corrected chi connectivity index (χ2v) is 5.55. The minimum absolute atomic E-state index is 0.211. The van der Waals surface area contributed by atoms with E-state index in [9.17, 15) is 4.79 Å². The molecular weight excluding hydrogens is 337 g/mol. The Labute approximate surface area is 142 Å². The molecule has 0 aliphatic carbocycles. The highest BCUT2D eigenvalue weighted by Crippen LogP contribution is 2.12. The zero-order chi connectivity index (χ0) is 16.2. The second kappa shape index (κ2) is 6.76. The number of carbonyl (C=O) groups is 1. The molecule has 116 valence electrons. The van der Waals surface area contributed by atoms with E-state index >= 15 is 0 Å². The van der Waals surface area contributed by atoms with Crippen LogP contribution in [0.25, 0.3) is 5.82 Å². The highest BCUT2D eigenvalue weighted by Gasteiger charge is 2.08. The number of benzene rings is 1. The van der Waals surface area contributed by atoms with Gasteiger partial charge < -0.3 is 5.32 Å². The van der Waals surface area contributed by atoms with Crippen molar-refractivity contribution in [3.05, 3.63) is 70.1 Å². The summed E-state index contributed by atoms with van der Waals surface area (Å²) >= 11 is 11.7. The molecule has 1 amide bonds. The van der Waals surface area contributed by atoms with Crippen LogP contribution < -0.4 is 5.32 Å². The molecule has 0 bridgehead atoms. The number of hydrogen-bond acceptors (Lipinski definition) is 4. The van der Waals surface area contributed by atoms with Gasteiger partial charge in [0, 0.05) is 27.9 Å². The van der Waals surface area contributed by atoms with Crippen molar-refractivity contribution in [2.45, 2.75) is 6.54 Å². The van der Waals surface area contributed by atoms with Gasteiger partial charge in [0.2, 0.25) is 0 Å². The molecule has 0 unspecified atom stereocenters. The summed E-state index contributed by atoms with van der Waals surface area (Å²) in [6.45, 7) is 0.252. The van der Waals surface area contributed by atoms with E-state index in [1.165, 1.54) is 4.68 Å². The highest BCUT2D eigenvalue weighted by molar-refractivity contribution is 6.31. The van der Waals surface area contributed by atoms with Crippen molar-refractivity contribution in [2.75, 3.05) is 0 Å². The zero-order valence-electron chi connectivity index (χ0n) is 11.8. The molecular formula is C15H11Cl2N5O. The van der Waals surface area contributed by atoms with Crippen molar-refractivity contribution >= 4 is 29.1 Å². The van der Waals surface area contributed by atoms with Crippen LogP contribution in [0.3, 0.4) is 0 Å². The number of aromatic nitrogens is 4. The van der Waals surface area contributed by atoms with E-state index in [0.717, 1.165) is 0 Å². The average Bonchev–Trinajstić information content (AvgIpc) is 3.02. The van der Waals surface area contributed by atoms with Crippen LogP contribution in [0.4, 0.5) is 0 Å². The van der Waals surface area contributed by atoms with Gasteiger partial charge in [0.1, 0.15) is 5.69 Å². The Morgan fingerprint density at radius 3 is 2.65 bits per heavy atom. The van der Waals surface area contributed by atoms with Gasteiger partial charge in [-0.15, -0.1) is 5.10 Å². The molecule has 0 aliphatic rings. The third-order valence-corrected chi connectivity index (χ3v) is 3.51.